The van der Waals surface area contributed by atoms with Gasteiger partial charge < -0.3 is 10.1 Å². The molecule has 1 amide bonds. The number of hydrogen-bond donors (Lipinski definition) is 1. The second kappa shape index (κ2) is 9.59. The molecule has 0 saturated heterocycles. The highest BCUT2D eigenvalue weighted by molar-refractivity contribution is 7.92. The molecule has 0 saturated carbocycles. The lowest BCUT2D eigenvalue weighted by atomic mass is 10.1. The molecule has 6 nitrogen and oxygen atoms in total. The van der Waals surface area contributed by atoms with E-state index in [9.17, 15) is 13.2 Å². The molecule has 0 aliphatic carbocycles. The molecule has 0 unspecified atom stereocenters. The normalized spacial score (nSPS) is 12.3. The molecule has 1 atom stereocenters. The number of nitrogens with one attached hydrogen (secondary N) is 1. The van der Waals surface area contributed by atoms with Crippen LogP contribution in [0.3, 0.4) is 0 Å². The van der Waals surface area contributed by atoms with Crippen molar-refractivity contribution < 1.29 is 17.9 Å². The van der Waals surface area contributed by atoms with Crippen molar-refractivity contribution in [2.75, 3.05) is 23.7 Å². The van der Waals surface area contributed by atoms with Gasteiger partial charge in [-0.15, -0.1) is 0 Å². The fourth-order valence-electron chi connectivity index (χ4n) is 2.68. The first kappa shape index (κ1) is 21.8. The van der Waals surface area contributed by atoms with Crippen molar-refractivity contribution in [1.82, 2.24) is 5.32 Å². The van der Waals surface area contributed by atoms with Crippen LogP contribution in [-0.2, 0) is 14.8 Å². The van der Waals surface area contributed by atoms with Crippen LogP contribution in [0.25, 0.3) is 0 Å². The van der Waals surface area contributed by atoms with Gasteiger partial charge in [-0.1, -0.05) is 36.8 Å². The lowest BCUT2D eigenvalue weighted by Gasteiger charge is -2.23. The quantitative estimate of drug-likeness (QED) is 0.695. The minimum Gasteiger partial charge on any atom is -0.494 e. The van der Waals surface area contributed by atoms with E-state index in [-0.39, 0.29) is 18.5 Å². The average molecular weight is 405 g/mol. The Labute approximate surface area is 167 Å². The Morgan fingerprint density at radius 3 is 2.25 bits per heavy atom. The van der Waals surface area contributed by atoms with E-state index in [0.717, 1.165) is 28.1 Å². The SMILES string of the molecule is CCCOc1ccc(N(CC(=O)N[C@H](C)c2ccc(C)cc2)S(C)(=O)=O)cc1. The maximum Gasteiger partial charge on any atom is 0.241 e. The van der Waals surface area contributed by atoms with E-state index in [1.54, 1.807) is 24.3 Å². The Bertz CT molecular complexity index is 878. The lowest BCUT2D eigenvalue weighted by molar-refractivity contribution is -0.120. The first-order valence-corrected chi connectivity index (χ1v) is 11.1. The number of carbonyl (C=O) groups excluding carboxylic acids is 1. The van der Waals surface area contributed by atoms with E-state index >= 15 is 0 Å². The zero-order valence-electron chi connectivity index (χ0n) is 16.8. The number of benzene rings is 2. The van der Waals surface area contributed by atoms with Crippen LogP contribution >= 0.6 is 0 Å². The topological polar surface area (TPSA) is 75.7 Å². The minimum atomic E-state index is -3.62. The highest BCUT2D eigenvalue weighted by atomic mass is 32.2. The number of rotatable bonds is 9. The predicted octanol–water partition coefficient (Wildman–Crippen LogP) is 3.43. The van der Waals surface area contributed by atoms with Crippen molar-refractivity contribution in [1.29, 1.82) is 0 Å². The third-order valence-electron chi connectivity index (χ3n) is 4.24. The molecule has 0 bridgehead atoms. The first-order chi connectivity index (χ1) is 13.2. The summed E-state index contributed by atoms with van der Waals surface area (Å²) >= 11 is 0. The smallest absolute Gasteiger partial charge is 0.241 e. The largest absolute Gasteiger partial charge is 0.494 e. The van der Waals surface area contributed by atoms with Crippen molar-refractivity contribution in [3.8, 4) is 5.75 Å². The molecule has 28 heavy (non-hydrogen) atoms. The van der Waals surface area contributed by atoms with E-state index in [0.29, 0.717) is 18.0 Å². The molecule has 7 heteroatoms. The molecule has 0 radical (unpaired) electrons. The summed E-state index contributed by atoms with van der Waals surface area (Å²) in [6.07, 6.45) is 1.97. The molecule has 2 rings (SSSR count). The second-order valence-electron chi connectivity index (χ2n) is 6.81. The fourth-order valence-corrected chi connectivity index (χ4v) is 3.54. The zero-order chi connectivity index (χ0) is 20.7. The molecule has 0 aliphatic heterocycles. The predicted molar refractivity (Wildman–Crippen MR) is 112 cm³/mol. The third kappa shape index (κ3) is 6.27. The second-order valence-corrected chi connectivity index (χ2v) is 8.72. The van der Waals surface area contributed by atoms with E-state index in [4.69, 9.17) is 4.74 Å². The van der Waals surface area contributed by atoms with Crippen LogP contribution in [-0.4, -0.2) is 33.7 Å². The molecular weight excluding hydrogens is 376 g/mol. The Morgan fingerprint density at radius 2 is 1.71 bits per heavy atom. The van der Waals surface area contributed by atoms with Crippen molar-refractivity contribution >= 4 is 21.6 Å². The van der Waals surface area contributed by atoms with Crippen LogP contribution in [0.1, 0.15) is 37.4 Å². The van der Waals surface area contributed by atoms with Crippen molar-refractivity contribution in [2.45, 2.75) is 33.2 Å². The number of aryl methyl sites for hydroxylation is 1. The summed E-state index contributed by atoms with van der Waals surface area (Å²) in [5.41, 5.74) is 2.52. The number of ether oxygens (including phenoxy) is 1. The maximum atomic E-state index is 12.5. The van der Waals surface area contributed by atoms with Crippen LogP contribution in [0.5, 0.6) is 5.75 Å². The van der Waals surface area contributed by atoms with Gasteiger partial charge in [0.25, 0.3) is 0 Å². The highest BCUT2D eigenvalue weighted by Crippen LogP contribution is 2.22. The number of anilines is 1. The molecule has 2 aromatic carbocycles. The van der Waals surface area contributed by atoms with Gasteiger partial charge in [-0.05, 0) is 50.1 Å². The summed E-state index contributed by atoms with van der Waals surface area (Å²) in [5, 5.41) is 2.86. The van der Waals surface area contributed by atoms with Crippen LogP contribution in [0.4, 0.5) is 5.69 Å². The van der Waals surface area contributed by atoms with Gasteiger partial charge in [0.2, 0.25) is 15.9 Å². The van der Waals surface area contributed by atoms with Gasteiger partial charge in [0.05, 0.1) is 24.6 Å². The number of carbonyl (C=O) groups is 1. The van der Waals surface area contributed by atoms with Gasteiger partial charge in [0, 0.05) is 0 Å². The molecule has 0 aromatic heterocycles. The van der Waals surface area contributed by atoms with E-state index in [1.165, 1.54) is 0 Å². The number of sulfonamides is 1. The lowest BCUT2D eigenvalue weighted by Crippen LogP contribution is -2.41. The standard InChI is InChI=1S/C21H28N2O4S/c1-5-14-27-20-12-10-19(11-13-20)23(28(4,25)26)15-21(24)22-17(3)18-8-6-16(2)7-9-18/h6-13,17H,5,14-15H2,1-4H3,(H,22,24)/t17-/m1/s1. The summed E-state index contributed by atoms with van der Waals surface area (Å²) in [5.74, 6) is 0.293. The molecule has 0 heterocycles. The van der Waals surface area contributed by atoms with E-state index in [1.807, 2.05) is 45.0 Å². The highest BCUT2D eigenvalue weighted by Gasteiger charge is 2.22. The van der Waals surface area contributed by atoms with Crippen molar-refractivity contribution in [3.63, 3.8) is 0 Å². The molecule has 1 N–H and O–H groups in total. The zero-order valence-corrected chi connectivity index (χ0v) is 17.6. The van der Waals surface area contributed by atoms with Crippen molar-refractivity contribution in [3.05, 3.63) is 59.7 Å². The summed E-state index contributed by atoms with van der Waals surface area (Å²) in [6.45, 7) is 6.18. The number of amides is 1. The van der Waals surface area contributed by atoms with Crippen molar-refractivity contribution in [2.24, 2.45) is 0 Å². The molecular formula is C21H28N2O4S. The van der Waals surface area contributed by atoms with Crippen LogP contribution in [0, 0.1) is 6.92 Å². The number of hydrogen-bond acceptors (Lipinski definition) is 4. The van der Waals surface area contributed by atoms with Gasteiger partial charge >= 0.3 is 0 Å². The van der Waals surface area contributed by atoms with Gasteiger partial charge in [0.15, 0.2) is 0 Å². The maximum absolute atomic E-state index is 12.5. The van der Waals surface area contributed by atoms with Crippen LogP contribution in [0.2, 0.25) is 0 Å². The van der Waals surface area contributed by atoms with Gasteiger partial charge in [0.1, 0.15) is 12.3 Å². The summed E-state index contributed by atoms with van der Waals surface area (Å²) < 4.78 is 31.1. The molecule has 0 fully saturated rings. The summed E-state index contributed by atoms with van der Waals surface area (Å²) in [6, 6.07) is 14.3. The molecule has 0 aliphatic rings. The first-order valence-electron chi connectivity index (χ1n) is 9.27. The van der Waals surface area contributed by atoms with Crippen LogP contribution < -0.4 is 14.4 Å². The number of nitrogens with zero attached hydrogens (tertiary/aromatic N) is 1. The van der Waals surface area contributed by atoms with E-state index < -0.39 is 10.0 Å². The Hall–Kier alpha value is -2.54. The van der Waals surface area contributed by atoms with Gasteiger partial charge in [-0.2, -0.15) is 0 Å². The molecule has 152 valence electrons. The monoisotopic (exact) mass is 404 g/mol. The Kier molecular flexibility index (Phi) is 7.45. The third-order valence-corrected chi connectivity index (χ3v) is 5.38. The summed E-state index contributed by atoms with van der Waals surface area (Å²) in [4.78, 5) is 12.5. The van der Waals surface area contributed by atoms with Gasteiger partial charge in [-0.25, -0.2) is 8.42 Å². The summed E-state index contributed by atoms with van der Waals surface area (Å²) in [7, 11) is -3.62. The minimum absolute atomic E-state index is 0.223. The Balaban J connectivity index is 2.09. The van der Waals surface area contributed by atoms with Crippen LogP contribution in [0.15, 0.2) is 48.5 Å². The Morgan fingerprint density at radius 1 is 1.11 bits per heavy atom. The van der Waals surface area contributed by atoms with E-state index in [2.05, 4.69) is 5.32 Å². The average Bonchev–Trinajstić information content (AvgIpc) is 2.64. The molecule has 0 spiro atoms. The fraction of sp³-hybridized carbons (Fsp3) is 0.381. The van der Waals surface area contributed by atoms with Gasteiger partial charge in [-0.3, -0.25) is 9.10 Å². The molecule has 2 aromatic rings.